The second-order valence-electron chi connectivity index (χ2n) is 5.23. The van der Waals surface area contributed by atoms with Gasteiger partial charge in [-0.2, -0.15) is 0 Å². The molecular formula is C13H22N4S. The molecular weight excluding hydrogens is 244 g/mol. The number of nitrogens with zero attached hydrogens (tertiary/aromatic N) is 2. The van der Waals surface area contributed by atoms with E-state index in [4.69, 9.17) is 11.1 Å². The first-order valence-electron chi connectivity index (χ1n) is 6.59. The molecule has 18 heavy (non-hydrogen) atoms. The summed E-state index contributed by atoms with van der Waals surface area (Å²) in [6.45, 7) is 7.76. The lowest BCUT2D eigenvalue weighted by Crippen LogP contribution is -2.35. The molecule has 4 nitrogen and oxygen atoms in total. The Balaban J connectivity index is 1.90. The van der Waals surface area contributed by atoms with Crippen molar-refractivity contribution in [2.75, 3.05) is 19.6 Å². The summed E-state index contributed by atoms with van der Waals surface area (Å²) in [5, 5.41) is 8.59. The van der Waals surface area contributed by atoms with Crippen molar-refractivity contribution < 1.29 is 0 Å². The van der Waals surface area contributed by atoms with Crippen LogP contribution in [-0.2, 0) is 6.42 Å². The number of aromatic nitrogens is 1. The average molecular weight is 266 g/mol. The van der Waals surface area contributed by atoms with Gasteiger partial charge in [0, 0.05) is 19.5 Å². The Morgan fingerprint density at radius 2 is 2.39 bits per heavy atom. The van der Waals surface area contributed by atoms with Gasteiger partial charge in [0.15, 0.2) is 0 Å². The molecule has 0 bridgehead atoms. The molecule has 0 aromatic carbocycles. The lowest BCUT2D eigenvalue weighted by Gasteiger charge is -2.30. The molecule has 2 heterocycles. The topological polar surface area (TPSA) is 66.0 Å². The first-order valence-corrected chi connectivity index (χ1v) is 7.41. The van der Waals surface area contributed by atoms with Crippen molar-refractivity contribution >= 4 is 17.2 Å². The van der Waals surface area contributed by atoms with Gasteiger partial charge in [-0.05, 0) is 32.2 Å². The molecule has 2 rings (SSSR count). The zero-order valence-electron chi connectivity index (χ0n) is 11.2. The predicted molar refractivity (Wildman–Crippen MR) is 76.4 cm³/mol. The summed E-state index contributed by atoms with van der Waals surface area (Å²) in [6.07, 6.45) is 3.66. The van der Waals surface area contributed by atoms with Gasteiger partial charge in [-0.25, -0.2) is 4.98 Å². The SMILES string of the molecule is Cc1nc(CCN2CCCC(C)C2)sc1C(=N)N. The van der Waals surface area contributed by atoms with Crippen LogP contribution in [0.5, 0.6) is 0 Å². The molecule has 1 saturated heterocycles. The number of hydrogen-bond donors (Lipinski definition) is 2. The van der Waals surface area contributed by atoms with Gasteiger partial charge in [0.25, 0.3) is 0 Å². The Labute approximate surface area is 113 Å². The minimum atomic E-state index is 0.142. The minimum Gasteiger partial charge on any atom is -0.383 e. The van der Waals surface area contributed by atoms with Crippen LogP contribution in [-0.4, -0.2) is 35.4 Å². The number of nitrogen functional groups attached to an aromatic ring is 1. The van der Waals surface area contributed by atoms with Crippen molar-refractivity contribution in [3.05, 3.63) is 15.6 Å². The molecule has 3 N–H and O–H groups in total. The number of rotatable bonds is 4. The van der Waals surface area contributed by atoms with E-state index < -0.39 is 0 Å². The maximum atomic E-state index is 7.48. The summed E-state index contributed by atoms with van der Waals surface area (Å²) in [6, 6.07) is 0. The van der Waals surface area contributed by atoms with Crippen LogP contribution in [0.1, 0.15) is 35.3 Å². The highest BCUT2D eigenvalue weighted by molar-refractivity contribution is 7.13. The molecule has 0 spiro atoms. The number of nitrogens with one attached hydrogen (secondary N) is 1. The fourth-order valence-electron chi connectivity index (χ4n) is 2.55. The monoisotopic (exact) mass is 266 g/mol. The fourth-order valence-corrected chi connectivity index (χ4v) is 3.47. The number of nitrogens with two attached hydrogens (primary N) is 1. The van der Waals surface area contributed by atoms with Crippen molar-refractivity contribution in [3.8, 4) is 0 Å². The molecule has 1 aromatic heterocycles. The van der Waals surface area contributed by atoms with Gasteiger partial charge in [-0.15, -0.1) is 11.3 Å². The van der Waals surface area contributed by atoms with E-state index in [-0.39, 0.29) is 5.84 Å². The molecule has 0 aliphatic carbocycles. The van der Waals surface area contributed by atoms with E-state index in [0.29, 0.717) is 0 Å². The maximum Gasteiger partial charge on any atom is 0.135 e. The average Bonchev–Trinajstić information content (AvgIpc) is 2.68. The largest absolute Gasteiger partial charge is 0.383 e. The smallest absolute Gasteiger partial charge is 0.135 e. The standard InChI is InChI=1S/C13H22N4S/c1-9-4-3-6-17(8-9)7-5-11-16-10(2)12(18-11)13(14)15/h9H,3-8H2,1-2H3,(H3,14,15). The third-order valence-corrected chi connectivity index (χ3v) is 4.72. The second-order valence-corrected chi connectivity index (χ2v) is 6.32. The van der Waals surface area contributed by atoms with Crippen molar-refractivity contribution in [2.24, 2.45) is 11.7 Å². The third-order valence-electron chi connectivity index (χ3n) is 3.47. The predicted octanol–water partition coefficient (Wildman–Crippen LogP) is 2.01. The number of likely N-dealkylation sites (tertiary alicyclic amines) is 1. The van der Waals surface area contributed by atoms with Crippen molar-refractivity contribution in [1.29, 1.82) is 5.41 Å². The van der Waals surface area contributed by atoms with E-state index >= 15 is 0 Å². The van der Waals surface area contributed by atoms with Crippen LogP contribution in [0, 0.1) is 18.3 Å². The normalized spacial score (nSPS) is 21.1. The number of hydrogen-bond acceptors (Lipinski definition) is 4. The third kappa shape index (κ3) is 3.29. The van der Waals surface area contributed by atoms with Crippen LogP contribution in [0.4, 0.5) is 0 Å². The molecule has 1 aromatic rings. The van der Waals surface area contributed by atoms with Crippen molar-refractivity contribution in [3.63, 3.8) is 0 Å². The van der Waals surface area contributed by atoms with E-state index in [1.165, 1.54) is 25.9 Å². The summed E-state index contributed by atoms with van der Waals surface area (Å²) in [5.74, 6) is 0.965. The first kappa shape index (κ1) is 13.5. The van der Waals surface area contributed by atoms with E-state index in [0.717, 1.165) is 34.5 Å². The van der Waals surface area contributed by atoms with Crippen molar-refractivity contribution in [2.45, 2.75) is 33.1 Å². The van der Waals surface area contributed by atoms with Crippen LogP contribution in [0.15, 0.2) is 0 Å². The highest BCUT2D eigenvalue weighted by Crippen LogP contribution is 2.20. The summed E-state index contributed by atoms with van der Waals surface area (Å²) in [7, 11) is 0. The van der Waals surface area contributed by atoms with E-state index in [1.807, 2.05) is 6.92 Å². The van der Waals surface area contributed by atoms with Gasteiger partial charge in [0.05, 0.1) is 15.6 Å². The molecule has 0 saturated carbocycles. The van der Waals surface area contributed by atoms with Crippen LogP contribution < -0.4 is 5.73 Å². The molecule has 1 fully saturated rings. The van der Waals surface area contributed by atoms with Crippen LogP contribution in [0.25, 0.3) is 0 Å². The van der Waals surface area contributed by atoms with Gasteiger partial charge >= 0.3 is 0 Å². The lowest BCUT2D eigenvalue weighted by molar-refractivity contribution is 0.186. The Kier molecular flexibility index (Phi) is 4.35. The van der Waals surface area contributed by atoms with E-state index in [1.54, 1.807) is 11.3 Å². The summed E-state index contributed by atoms with van der Waals surface area (Å²) >= 11 is 1.57. The Hall–Kier alpha value is -0.940. The van der Waals surface area contributed by atoms with E-state index in [9.17, 15) is 0 Å². The number of piperidine rings is 1. The molecule has 1 unspecified atom stereocenters. The Morgan fingerprint density at radius 3 is 3.00 bits per heavy atom. The zero-order chi connectivity index (χ0) is 13.1. The van der Waals surface area contributed by atoms with Gasteiger partial charge in [-0.3, -0.25) is 5.41 Å². The lowest BCUT2D eigenvalue weighted by atomic mass is 10.0. The van der Waals surface area contributed by atoms with E-state index in [2.05, 4.69) is 16.8 Å². The summed E-state index contributed by atoms with van der Waals surface area (Å²) < 4.78 is 0. The molecule has 1 aliphatic heterocycles. The van der Waals surface area contributed by atoms with Gasteiger partial charge < -0.3 is 10.6 Å². The van der Waals surface area contributed by atoms with Crippen LogP contribution in [0.2, 0.25) is 0 Å². The molecule has 1 aliphatic rings. The quantitative estimate of drug-likeness (QED) is 0.647. The van der Waals surface area contributed by atoms with Gasteiger partial charge in [0.2, 0.25) is 0 Å². The molecule has 5 heteroatoms. The minimum absolute atomic E-state index is 0.142. The Morgan fingerprint density at radius 1 is 1.61 bits per heavy atom. The molecule has 100 valence electrons. The van der Waals surface area contributed by atoms with Crippen molar-refractivity contribution in [1.82, 2.24) is 9.88 Å². The number of amidine groups is 1. The molecule has 1 atom stereocenters. The van der Waals surface area contributed by atoms with Gasteiger partial charge in [0.1, 0.15) is 5.84 Å². The maximum absolute atomic E-state index is 7.48. The van der Waals surface area contributed by atoms with Crippen LogP contribution >= 0.6 is 11.3 Å². The second kappa shape index (κ2) is 5.80. The number of thiazole rings is 1. The van der Waals surface area contributed by atoms with Crippen LogP contribution in [0.3, 0.4) is 0 Å². The Bertz CT molecular complexity index is 427. The highest BCUT2D eigenvalue weighted by atomic mass is 32.1. The summed E-state index contributed by atoms with van der Waals surface area (Å²) in [5.41, 5.74) is 6.43. The van der Waals surface area contributed by atoms with Gasteiger partial charge in [-0.1, -0.05) is 6.92 Å². The summed E-state index contributed by atoms with van der Waals surface area (Å²) in [4.78, 5) is 7.86. The fraction of sp³-hybridized carbons (Fsp3) is 0.692. The molecule has 0 radical (unpaired) electrons. The highest BCUT2D eigenvalue weighted by Gasteiger charge is 2.17. The first-order chi connectivity index (χ1) is 8.56. The molecule has 0 amide bonds. The number of aryl methyl sites for hydroxylation is 1. The zero-order valence-corrected chi connectivity index (χ0v) is 12.0.